The molecule has 0 aromatic heterocycles. The third-order valence-corrected chi connectivity index (χ3v) is 5.85. The molecule has 3 rings (SSSR count). The van der Waals surface area contributed by atoms with Gasteiger partial charge in [0.25, 0.3) is 0 Å². The lowest BCUT2D eigenvalue weighted by Crippen LogP contribution is -2.39. The second kappa shape index (κ2) is 8.26. The van der Waals surface area contributed by atoms with Gasteiger partial charge in [-0.1, -0.05) is 69.3 Å². The van der Waals surface area contributed by atoms with Crippen molar-refractivity contribution in [2.45, 2.75) is 52.2 Å². The molecule has 0 amide bonds. The van der Waals surface area contributed by atoms with E-state index in [9.17, 15) is 9.90 Å². The normalized spacial score (nSPS) is 24.2. The lowest BCUT2D eigenvalue weighted by Gasteiger charge is -2.42. The van der Waals surface area contributed by atoms with E-state index in [4.69, 9.17) is 4.74 Å². The Morgan fingerprint density at radius 2 is 1.59 bits per heavy atom. The number of carbonyl (C=O) groups is 1. The molecule has 0 spiro atoms. The summed E-state index contributed by atoms with van der Waals surface area (Å²) in [5.74, 6) is 0.0557. The van der Waals surface area contributed by atoms with E-state index in [2.05, 4.69) is 20.8 Å². The Balaban J connectivity index is 1.88. The molecule has 3 heteroatoms. The minimum atomic E-state index is -0.461. The number of benzene rings is 2. The van der Waals surface area contributed by atoms with Crippen molar-refractivity contribution in [1.82, 2.24) is 0 Å². The van der Waals surface area contributed by atoms with Crippen LogP contribution in [0.5, 0.6) is 0 Å². The highest BCUT2D eigenvalue weighted by atomic mass is 16.5. The number of hydrogen-bond acceptors (Lipinski definition) is 3. The van der Waals surface area contributed by atoms with Crippen LogP contribution in [0.3, 0.4) is 0 Å². The summed E-state index contributed by atoms with van der Waals surface area (Å²) in [6.07, 6.45) is 1.71. The van der Waals surface area contributed by atoms with Gasteiger partial charge in [-0.05, 0) is 48.3 Å². The highest BCUT2D eigenvalue weighted by Crippen LogP contribution is 2.45. The lowest BCUT2D eigenvalue weighted by molar-refractivity contribution is -0.0570. The standard InChI is InChI=1S/C24H30O3/c1-24(2,3)19-14-15-21(25)20(16-19)22(17-10-6-4-7-11-17)27-23(26)18-12-8-5-9-13-18/h4-13,19-22,25H,14-16H2,1-3H3/t19-,20-,21-,22-/m1/s1. The highest BCUT2D eigenvalue weighted by molar-refractivity contribution is 5.89. The van der Waals surface area contributed by atoms with E-state index < -0.39 is 12.2 Å². The minimum absolute atomic E-state index is 0.0990. The zero-order chi connectivity index (χ0) is 19.4. The molecule has 2 aromatic carbocycles. The first-order valence-electron chi connectivity index (χ1n) is 9.85. The van der Waals surface area contributed by atoms with Crippen molar-refractivity contribution in [3.63, 3.8) is 0 Å². The van der Waals surface area contributed by atoms with Crippen LogP contribution in [-0.4, -0.2) is 17.2 Å². The number of carbonyl (C=O) groups excluding carboxylic acids is 1. The number of esters is 1. The maximum atomic E-state index is 12.8. The molecule has 0 radical (unpaired) electrons. The molecule has 0 unspecified atom stereocenters. The summed E-state index contributed by atoms with van der Waals surface area (Å²) in [6.45, 7) is 6.75. The Morgan fingerprint density at radius 3 is 2.19 bits per heavy atom. The van der Waals surface area contributed by atoms with Crippen molar-refractivity contribution >= 4 is 5.97 Å². The predicted molar refractivity (Wildman–Crippen MR) is 107 cm³/mol. The van der Waals surface area contributed by atoms with Crippen LogP contribution in [0, 0.1) is 17.3 Å². The fourth-order valence-corrected chi connectivity index (χ4v) is 4.10. The molecule has 3 nitrogen and oxygen atoms in total. The fraction of sp³-hybridized carbons (Fsp3) is 0.458. The molecule has 0 saturated heterocycles. The van der Waals surface area contributed by atoms with E-state index >= 15 is 0 Å². The summed E-state index contributed by atoms with van der Waals surface area (Å²) in [6, 6.07) is 18.9. The lowest BCUT2D eigenvalue weighted by atomic mass is 9.66. The van der Waals surface area contributed by atoms with E-state index in [0.29, 0.717) is 11.5 Å². The van der Waals surface area contributed by atoms with Gasteiger partial charge >= 0.3 is 5.97 Å². The number of rotatable bonds is 4. The van der Waals surface area contributed by atoms with Gasteiger partial charge in [0.05, 0.1) is 11.7 Å². The number of aliphatic hydroxyl groups excluding tert-OH is 1. The average Bonchev–Trinajstić information content (AvgIpc) is 2.67. The quantitative estimate of drug-likeness (QED) is 0.736. The number of hydrogen-bond donors (Lipinski definition) is 1. The van der Waals surface area contributed by atoms with Crippen LogP contribution in [0.4, 0.5) is 0 Å². The molecule has 1 N–H and O–H groups in total. The molecule has 4 atom stereocenters. The van der Waals surface area contributed by atoms with Crippen molar-refractivity contribution in [2.24, 2.45) is 17.3 Å². The van der Waals surface area contributed by atoms with Crippen LogP contribution in [0.15, 0.2) is 60.7 Å². The zero-order valence-corrected chi connectivity index (χ0v) is 16.5. The van der Waals surface area contributed by atoms with Gasteiger partial charge in [-0.3, -0.25) is 0 Å². The monoisotopic (exact) mass is 366 g/mol. The van der Waals surface area contributed by atoms with Crippen LogP contribution in [0.2, 0.25) is 0 Å². The highest BCUT2D eigenvalue weighted by Gasteiger charge is 2.41. The van der Waals surface area contributed by atoms with E-state index in [0.717, 1.165) is 24.8 Å². The molecule has 27 heavy (non-hydrogen) atoms. The largest absolute Gasteiger partial charge is 0.453 e. The molecule has 0 aliphatic heterocycles. The zero-order valence-electron chi connectivity index (χ0n) is 16.5. The summed E-state index contributed by atoms with van der Waals surface area (Å²) in [5.41, 5.74) is 1.65. The van der Waals surface area contributed by atoms with E-state index in [1.54, 1.807) is 12.1 Å². The first-order valence-corrected chi connectivity index (χ1v) is 9.85. The van der Waals surface area contributed by atoms with E-state index in [-0.39, 0.29) is 17.3 Å². The molecule has 1 fully saturated rings. The van der Waals surface area contributed by atoms with Gasteiger partial charge in [0.15, 0.2) is 0 Å². The van der Waals surface area contributed by atoms with Crippen molar-refractivity contribution in [3.05, 3.63) is 71.8 Å². The van der Waals surface area contributed by atoms with Crippen LogP contribution in [0.25, 0.3) is 0 Å². The van der Waals surface area contributed by atoms with Crippen molar-refractivity contribution in [3.8, 4) is 0 Å². The SMILES string of the molecule is CC(C)(C)[C@@H]1CC[C@@H](O)[C@H]([C@H](OC(=O)c2ccccc2)c2ccccc2)C1. The minimum Gasteiger partial charge on any atom is -0.453 e. The fourth-order valence-electron chi connectivity index (χ4n) is 4.10. The Kier molecular flexibility index (Phi) is 6.01. The molecule has 0 bridgehead atoms. The summed E-state index contributed by atoms with van der Waals surface area (Å²) in [7, 11) is 0. The first kappa shape index (κ1) is 19.6. The van der Waals surface area contributed by atoms with Gasteiger partial charge in [0.2, 0.25) is 0 Å². The number of ether oxygens (including phenoxy) is 1. The van der Waals surface area contributed by atoms with Crippen LogP contribution < -0.4 is 0 Å². The molecule has 0 heterocycles. The molecule has 1 saturated carbocycles. The topological polar surface area (TPSA) is 46.5 Å². The van der Waals surface area contributed by atoms with Gasteiger partial charge in [-0.2, -0.15) is 0 Å². The average molecular weight is 367 g/mol. The Bertz CT molecular complexity index is 733. The Morgan fingerprint density at radius 1 is 1.00 bits per heavy atom. The van der Waals surface area contributed by atoms with Crippen LogP contribution in [-0.2, 0) is 4.74 Å². The Labute approximate surface area is 162 Å². The van der Waals surface area contributed by atoms with E-state index in [1.807, 2.05) is 48.5 Å². The van der Waals surface area contributed by atoms with Crippen molar-refractivity contribution in [1.29, 1.82) is 0 Å². The molecule has 1 aliphatic carbocycles. The summed E-state index contributed by atoms with van der Waals surface area (Å²) < 4.78 is 5.99. The maximum Gasteiger partial charge on any atom is 0.338 e. The predicted octanol–water partition coefficient (Wildman–Crippen LogP) is 5.41. The molecule has 144 valence electrons. The summed E-state index contributed by atoms with van der Waals surface area (Å²) in [5, 5.41) is 10.8. The smallest absolute Gasteiger partial charge is 0.338 e. The third kappa shape index (κ3) is 4.78. The second-order valence-electron chi connectivity index (χ2n) is 8.71. The number of aliphatic hydroxyl groups is 1. The maximum absolute atomic E-state index is 12.8. The molecular formula is C24H30O3. The van der Waals surface area contributed by atoms with Gasteiger partial charge in [-0.25, -0.2) is 4.79 Å². The molecule has 2 aromatic rings. The van der Waals surface area contributed by atoms with Gasteiger partial charge < -0.3 is 9.84 Å². The Hall–Kier alpha value is -2.13. The van der Waals surface area contributed by atoms with Crippen LogP contribution in [0.1, 0.15) is 62.1 Å². The first-order chi connectivity index (χ1) is 12.9. The third-order valence-electron chi connectivity index (χ3n) is 5.85. The molecule has 1 aliphatic rings. The van der Waals surface area contributed by atoms with E-state index in [1.165, 1.54) is 0 Å². The van der Waals surface area contributed by atoms with Crippen LogP contribution >= 0.6 is 0 Å². The van der Waals surface area contributed by atoms with Gasteiger partial charge in [-0.15, -0.1) is 0 Å². The van der Waals surface area contributed by atoms with Crippen molar-refractivity contribution in [2.75, 3.05) is 0 Å². The summed E-state index contributed by atoms with van der Waals surface area (Å²) >= 11 is 0. The van der Waals surface area contributed by atoms with Gasteiger partial charge in [0.1, 0.15) is 6.10 Å². The van der Waals surface area contributed by atoms with Gasteiger partial charge in [0, 0.05) is 5.92 Å². The summed E-state index contributed by atoms with van der Waals surface area (Å²) in [4.78, 5) is 12.8. The molecular weight excluding hydrogens is 336 g/mol. The second-order valence-corrected chi connectivity index (χ2v) is 8.71. The van der Waals surface area contributed by atoms with Crippen molar-refractivity contribution < 1.29 is 14.6 Å².